The van der Waals surface area contributed by atoms with Crippen LogP contribution in [0.1, 0.15) is 263 Å². The van der Waals surface area contributed by atoms with Gasteiger partial charge in [-0.1, -0.05) is 266 Å². The van der Waals surface area contributed by atoms with Gasteiger partial charge >= 0.3 is 0 Å². The maximum absolute atomic E-state index is 6.19. The van der Waals surface area contributed by atoms with E-state index in [1.165, 1.54) is 77.0 Å². The molecule has 0 N–H and O–H groups in total. The van der Waals surface area contributed by atoms with Crippen LogP contribution in [-0.2, 0) is 0 Å². The molecule has 0 spiro atoms. The Bertz CT molecular complexity index is 3730. The van der Waals surface area contributed by atoms with Gasteiger partial charge in [0.05, 0.1) is 73.8 Å². The topological polar surface area (TPSA) is 133 Å². The number of unbranched alkanes of at least 4 members (excludes halogenated alkanes) is 18. The van der Waals surface area contributed by atoms with E-state index in [0.29, 0.717) is 107 Å². The van der Waals surface area contributed by atoms with E-state index in [2.05, 4.69) is 151 Å². The van der Waals surface area contributed by atoms with E-state index in [1.54, 1.807) is 0 Å². The SMILES string of the molecule is CCCCCCOc1ccc(/C=C/c2nc3c4nc(/C=C/c5ccc(OCCCCCC)cc5)c(/C=C/c5ccc(OCCCCCC)cc5)nc4c4nc(/C=C/c5ccc(OCCCCCC)cc5)c(/C=C/c5ccc(OCCCCCC)cc5)nc4c3nc2/C=C/c2ccc(OCCCCCC)cc2)cc1. The zero-order chi connectivity index (χ0) is 75.0. The fourth-order valence-electron chi connectivity index (χ4n) is 12.5. The summed E-state index contributed by atoms with van der Waals surface area (Å²) in [4.78, 5) is 34.1. The number of benzene rings is 7. The second-order valence-corrected chi connectivity index (χ2v) is 27.9. The standard InChI is InChI=1S/C96H114N6O6/c1-7-13-19-25-67-103-79-49-31-73(32-50-79)43-61-85-86(62-44-74-33-51-80(52-34-74)104-68-26-20-14-8-2)98-92-91(97-85)93-95(101-88(64-46-76-37-55-82(56-38-76)106-70-28-22-16-10-4)87(99-93)63-45-75-35-53-81(54-36-75)105-69-27-21-15-9-3)96-94(92)100-89(65-47-77-39-57-83(58-40-77)107-71-29-23-17-11-5)90(102-96)66-48-78-41-59-84(60-42-78)108-72-30-24-18-12-6/h31-66H,7-30,67-72H2,1-6H3/b61-43+,62-44+,63-45+,64-46+,65-47+,66-48+. The highest BCUT2D eigenvalue weighted by atomic mass is 16.5. The van der Waals surface area contributed by atoms with E-state index >= 15 is 0 Å². The van der Waals surface area contributed by atoms with Crippen LogP contribution in [0, 0.1) is 0 Å². The molecule has 0 amide bonds. The van der Waals surface area contributed by atoms with Gasteiger partial charge < -0.3 is 28.4 Å². The maximum Gasteiger partial charge on any atom is 0.120 e. The van der Waals surface area contributed by atoms with Crippen molar-refractivity contribution in [3.8, 4) is 34.5 Å². The molecule has 0 unspecified atom stereocenters. The molecule has 0 fully saturated rings. The van der Waals surface area contributed by atoms with Crippen molar-refractivity contribution in [2.45, 2.75) is 196 Å². The Morgan fingerprint density at radius 1 is 0.176 bits per heavy atom. The van der Waals surface area contributed by atoms with Crippen LogP contribution in [0.15, 0.2) is 146 Å². The van der Waals surface area contributed by atoms with Crippen LogP contribution >= 0.6 is 0 Å². The minimum Gasteiger partial charge on any atom is -0.494 e. The van der Waals surface area contributed by atoms with Crippen molar-refractivity contribution in [1.82, 2.24) is 29.9 Å². The van der Waals surface area contributed by atoms with Crippen LogP contribution in [0.3, 0.4) is 0 Å². The predicted molar refractivity (Wildman–Crippen MR) is 456 cm³/mol. The molecule has 0 aliphatic heterocycles. The first-order valence-electron chi connectivity index (χ1n) is 40.5. The van der Waals surface area contributed by atoms with Gasteiger partial charge in [-0.15, -0.1) is 0 Å². The van der Waals surface area contributed by atoms with Crippen LogP contribution in [0.5, 0.6) is 34.5 Å². The molecule has 3 heterocycles. The second kappa shape index (κ2) is 45.5. The molecule has 0 radical (unpaired) electrons. The first-order valence-corrected chi connectivity index (χ1v) is 40.5. The minimum absolute atomic E-state index is 0.524. The van der Waals surface area contributed by atoms with Crippen LogP contribution in [0.2, 0.25) is 0 Å². The molecule has 0 bridgehead atoms. The molecule has 10 aromatic rings. The smallest absolute Gasteiger partial charge is 0.120 e. The number of fused-ring (bicyclic) bond motifs is 6. The van der Waals surface area contributed by atoms with E-state index in [1.807, 2.05) is 109 Å². The molecule has 3 aromatic heterocycles. The van der Waals surface area contributed by atoms with Crippen molar-refractivity contribution in [3.63, 3.8) is 0 Å². The molecule has 7 aromatic carbocycles. The summed E-state index contributed by atoms with van der Waals surface area (Å²) in [5.41, 5.74) is 12.8. The summed E-state index contributed by atoms with van der Waals surface area (Å²) in [5.74, 6) is 5.05. The van der Waals surface area contributed by atoms with E-state index in [9.17, 15) is 0 Å². The molecule has 10 rings (SSSR count). The summed E-state index contributed by atoms with van der Waals surface area (Å²) in [6, 6.07) is 49.4. The average molecular weight is 1450 g/mol. The Kier molecular flexibility index (Phi) is 33.8. The van der Waals surface area contributed by atoms with E-state index < -0.39 is 0 Å². The first kappa shape index (κ1) is 80.3. The highest BCUT2D eigenvalue weighted by Gasteiger charge is 2.22. The van der Waals surface area contributed by atoms with E-state index in [4.69, 9.17) is 58.3 Å². The van der Waals surface area contributed by atoms with Crippen molar-refractivity contribution in [2.75, 3.05) is 39.6 Å². The average Bonchev–Trinajstić information content (AvgIpc) is 0.725. The van der Waals surface area contributed by atoms with Gasteiger partial charge in [-0.3, -0.25) is 0 Å². The molecule has 0 saturated carbocycles. The highest BCUT2D eigenvalue weighted by Crippen LogP contribution is 2.35. The molecular weight excluding hydrogens is 1330 g/mol. The molecule has 0 aliphatic carbocycles. The van der Waals surface area contributed by atoms with E-state index in [-0.39, 0.29) is 0 Å². The van der Waals surface area contributed by atoms with Crippen molar-refractivity contribution in [3.05, 3.63) is 213 Å². The number of hydrogen-bond donors (Lipinski definition) is 0. The Labute approximate surface area is 643 Å². The second-order valence-electron chi connectivity index (χ2n) is 27.9. The normalized spacial score (nSPS) is 11.9. The Morgan fingerprint density at radius 3 is 0.444 bits per heavy atom. The molecule has 0 aliphatic rings. The first-order chi connectivity index (χ1) is 53.3. The van der Waals surface area contributed by atoms with Gasteiger partial charge in [0.1, 0.15) is 67.6 Å². The van der Waals surface area contributed by atoms with Crippen molar-refractivity contribution >= 4 is 106 Å². The largest absolute Gasteiger partial charge is 0.494 e. The third-order valence-electron chi connectivity index (χ3n) is 19.0. The van der Waals surface area contributed by atoms with Crippen LogP contribution in [0.4, 0.5) is 0 Å². The summed E-state index contributed by atoms with van der Waals surface area (Å²) in [6.45, 7) is 17.5. The monoisotopic (exact) mass is 1450 g/mol. The summed E-state index contributed by atoms with van der Waals surface area (Å²) in [5, 5.41) is 0. The van der Waals surface area contributed by atoms with Gasteiger partial charge in [0.15, 0.2) is 0 Å². The number of hydrogen-bond acceptors (Lipinski definition) is 12. The lowest BCUT2D eigenvalue weighted by Gasteiger charge is -2.13. The quantitative estimate of drug-likeness (QED) is 0.0266. The zero-order valence-electron chi connectivity index (χ0n) is 65.1. The number of ether oxygens (including phenoxy) is 6. The Balaban J connectivity index is 1.16. The van der Waals surface area contributed by atoms with Gasteiger partial charge in [-0.2, -0.15) is 0 Å². The van der Waals surface area contributed by atoms with Crippen LogP contribution < -0.4 is 28.4 Å². The molecule has 12 nitrogen and oxygen atoms in total. The predicted octanol–water partition coefficient (Wildman–Crippen LogP) is 26.3. The summed E-state index contributed by atoms with van der Waals surface area (Å²) < 4.78 is 37.1. The molecule has 0 saturated heterocycles. The lowest BCUT2D eigenvalue weighted by molar-refractivity contribution is 0.305. The summed E-state index contributed by atoms with van der Waals surface area (Å²) in [6.07, 6.45) is 52.1. The fourth-order valence-corrected chi connectivity index (χ4v) is 12.5. The maximum atomic E-state index is 6.19. The zero-order valence-corrected chi connectivity index (χ0v) is 65.1. The number of aromatic nitrogens is 6. The number of nitrogens with zero attached hydrogens (tertiary/aromatic N) is 6. The number of rotatable bonds is 48. The van der Waals surface area contributed by atoms with Crippen molar-refractivity contribution in [2.24, 2.45) is 0 Å². The van der Waals surface area contributed by atoms with Crippen molar-refractivity contribution < 1.29 is 28.4 Å². The minimum atomic E-state index is 0.524. The Morgan fingerprint density at radius 2 is 0.315 bits per heavy atom. The lowest BCUT2D eigenvalue weighted by atomic mass is 10.1. The molecule has 564 valence electrons. The van der Waals surface area contributed by atoms with Gasteiger partial charge in [0, 0.05) is 0 Å². The van der Waals surface area contributed by atoms with Crippen molar-refractivity contribution in [1.29, 1.82) is 0 Å². The van der Waals surface area contributed by atoms with Gasteiger partial charge in [0.2, 0.25) is 0 Å². The molecule has 0 atom stereocenters. The summed E-state index contributed by atoms with van der Waals surface area (Å²) >= 11 is 0. The van der Waals surface area contributed by atoms with Gasteiger partial charge in [-0.05, 0) is 181 Å². The Hall–Kier alpha value is -10.2. The van der Waals surface area contributed by atoms with E-state index in [0.717, 1.165) is 145 Å². The highest BCUT2D eigenvalue weighted by molar-refractivity contribution is 6.19. The summed E-state index contributed by atoms with van der Waals surface area (Å²) in [7, 11) is 0. The third kappa shape index (κ3) is 26.0. The van der Waals surface area contributed by atoms with Crippen LogP contribution in [-0.4, -0.2) is 69.5 Å². The lowest BCUT2D eigenvalue weighted by Crippen LogP contribution is -2.04. The molecular formula is C96H114N6O6. The van der Waals surface area contributed by atoms with Gasteiger partial charge in [-0.25, -0.2) is 29.9 Å². The fraction of sp³-hybridized carbons (Fsp3) is 0.375. The van der Waals surface area contributed by atoms with Gasteiger partial charge in [0.25, 0.3) is 0 Å². The molecule has 12 heteroatoms. The van der Waals surface area contributed by atoms with Crippen LogP contribution in [0.25, 0.3) is 106 Å². The third-order valence-corrected chi connectivity index (χ3v) is 19.0. The molecule has 108 heavy (non-hydrogen) atoms.